The first-order chi connectivity index (χ1) is 6.12. The summed E-state index contributed by atoms with van der Waals surface area (Å²) in [5.41, 5.74) is 8.49. The van der Waals surface area contributed by atoms with Gasteiger partial charge in [-0.05, 0) is 25.8 Å². The average Bonchev–Trinajstić information content (AvgIpc) is 2.59. The molecule has 13 heavy (non-hydrogen) atoms. The number of hydrogen-bond acceptors (Lipinski definition) is 2. The lowest BCUT2D eigenvalue weighted by Gasteiger charge is -2.23. The largest absolute Gasteiger partial charge is 0.320 e. The van der Waals surface area contributed by atoms with Gasteiger partial charge in [-0.25, -0.2) is 0 Å². The van der Waals surface area contributed by atoms with Gasteiger partial charge in [-0.15, -0.1) is 0 Å². The number of rotatable bonds is 1. The molecule has 0 unspecified atom stereocenters. The molecule has 3 nitrogen and oxygen atoms in total. The highest BCUT2D eigenvalue weighted by Gasteiger charge is 2.33. The Bertz CT molecular complexity index is 308. The summed E-state index contributed by atoms with van der Waals surface area (Å²) in [7, 11) is 1.98. The zero-order valence-electron chi connectivity index (χ0n) is 8.38. The Morgan fingerprint density at radius 2 is 2.08 bits per heavy atom. The first kappa shape index (κ1) is 8.75. The van der Waals surface area contributed by atoms with E-state index in [4.69, 9.17) is 5.73 Å². The van der Waals surface area contributed by atoms with Gasteiger partial charge in [-0.1, -0.05) is 12.8 Å². The monoisotopic (exact) mass is 179 g/mol. The molecule has 2 rings (SSSR count). The van der Waals surface area contributed by atoms with Gasteiger partial charge < -0.3 is 5.73 Å². The Labute approximate surface area is 78.9 Å². The molecule has 0 amide bonds. The van der Waals surface area contributed by atoms with E-state index < -0.39 is 0 Å². The van der Waals surface area contributed by atoms with Crippen LogP contribution in [0.3, 0.4) is 0 Å². The summed E-state index contributed by atoms with van der Waals surface area (Å²) < 4.78 is 1.93. The quantitative estimate of drug-likeness (QED) is 0.709. The topological polar surface area (TPSA) is 43.8 Å². The van der Waals surface area contributed by atoms with Gasteiger partial charge >= 0.3 is 0 Å². The van der Waals surface area contributed by atoms with Crippen LogP contribution in [0.2, 0.25) is 0 Å². The SMILES string of the molecule is Cc1cc(C2(N)CCCC2)n(C)n1. The van der Waals surface area contributed by atoms with Crippen molar-refractivity contribution < 1.29 is 0 Å². The minimum Gasteiger partial charge on any atom is -0.320 e. The molecule has 0 aromatic carbocycles. The van der Waals surface area contributed by atoms with Crippen molar-refractivity contribution in [1.82, 2.24) is 9.78 Å². The predicted octanol–water partition coefficient (Wildman–Crippen LogP) is 1.46. The number of hydrogen-bond donors (Lipinski definition) is 1. The van der Waals surface area contributed by atoms with Crippen LogP contribution in [0.1, 0.15) is 37.1 Å². The van der Waals surface area contributed by atoms with Gasteiger partial charge in [0.2, 0.25) is 0 Å². The summed E-state index contributed by atoms with van der Waals surface area (Å²) in [6, 6.07) is 2.12. The molecule has 1 aromatic heterocycles. The lowest BCUT2D eigenvalue weighted by Crippen LogP contribution is -2.35. The smallest absolute Gasteiger partial charge is 0.0597 e. The normalized spacial score (nSPS) is 20.8. The Balaban J connectivity index is 2.38. The second-order valence-electron chi connectivity index (χ2n) is 4.16. The van der Waals surface area contributed by atoms with E-state index in [1.165, 1.54) is 18.5 Å². The average molecular weight is 179 g/mol. The van der Waals surface area contributed by atoms with Crippen LogP contribution in [-0.4, -0.2) is 9.78 Å². The molecule has 1 saturated carbocycles. The van der Waals surface area contributed by atoms with E-state index >= 15 is 0 Å². The molecule has 3 heteroatoms. The van der Waals surface area contributed by atoms with Crippen molar-refractivity contribution in [3.8, 4) is 0 Å². The number of aryl methyl sites for hydroxylation is 2. The summed E-state index contributed by atoms with van der Waals surface area (Å²) in [5.74, 6) is 0. The van der Waals surface area contributed by atoms with Crippen molar-refractivity contribution in [2.45, 2.75) is 38.1 Å². The molecule has 1 heterocycles. The minimum atomic E-state index is -0.101. The van der Waals surface area contributed by atoms with Crippen molar-refractivity contribution in [3.63, 3.8) is 0 Å². The van der Waals surface area contributed by atoms with Crippen molar-refractivity contribution in [2.75, 3.05) is 0 Å². The van der Waals surface area contributed by atoms with E-state index in [0.29, 0.717) is 0 Å². The summed E-state index contributed by atoms with van der Waals surface area (Å²) >= 11 is 0. The summed E-state index contributed by atoms with van der Waals surface area (Å²) in [6.07, 6.45) is 4.71. The van der Waals surface area contributed by atoms with Gasteiger partial charge in [0, 0.05) is 7.05 Å². The fourth-order valence-corrected chi connectivity index (χ4v) is 2.34. The maximum Gasteiger partial charge on any atom is 0.0597 e. The molecule has 0 atom stereocenters. The van der Waals surface area contributed by atoms with E-state index in [1.807, 2.05) is 18.7 Å². The van der Waals surface area contributed by atoms with Crippen LogP contribution in [0.5, 0.6) is 0 Å². The highest BCUT2D eigenvalue weighted by molar-refractivity contribution is 5.19. The van der Waals surface area contributed by atoms with Crippen LogP contribution in [-0.2, 0) is 12.6 Å². The number of nitrogens with zero attached hydrogens (tertiary/aromatic N) is 2. The van der Waals surface area contributed by atoms with Gasteiger partial charge in [0.15, 0.2) is 0 Å². The van der Waals surface area contributed by atoms with Gasteiger partial charge in [-0.3, -0.25) is 4.68 Å². The van der Waals surface area contributed by atoms with E-state index in [0.717, 1.165) is 18.5 Å². The number of nitrogens with two attached hydrogens (primary N) is 1. The second kappa shape index (κ2) is 2.84. The van der Waals surface area contributed by atoms with E-state index in [1.54, 1.807) is 0 Å². The number of aromatic nitrogens is 2. The molecule has 0 bridgehead atoms. The summed E-state index contributed by atoms with van der Waals surface area (Å²) in [5, 5.41) is 4.34. The first-order valence-electron chi connectivity index (χ1n) is 4.92. The highest BCUT2D eigenvalue weighted by Crippen LogP contribution is 2.36. The van der Waals surface area contributed by atoms with E-state index in [2.05, 4.69) is 11.2 Å². The van der Waals surface area contributed by atoms with Gasteiger partial charge in [0.25, 0.3) is 0 Å². The zero-order chi connectivity index (χ0) is 9.47. The Morgan fingerprint density at radius 3 is 2.54 bits per heavy atom. The van der Waals surface area contributed by atoms with Crippen molar-refractivity contribution in [3.05, 3.63) is 17.5 Å². The van der Waals surface area contributed by atoms with Crippen LogP contribution in [0, 0.1) is 6.92 Å². The molecule has 1 aliphatic rings. The van der Waals surface area contributed by atoms with E-state index in [-0.39, 0.29) is 5.54 Å². The molecule has 1 aliphatic carbocycles. The van der Waals surface area contributed by atoms with Crippen LogP contribution >= 0.6 is 0 Å². The predicted molar refractivity (Wildman–Crippen MR) is 52.3 cm³/mol. The Morgan fingerprint density at radius 1 is 1.46 bits per heavy atom. The van der Waals surface area contributed by atoms with Crippen LogP contribution in [0.25, 0.3) is 0 Å². The molecule has 0 saturated heterocycles. The van der Waals surface area contributed by atoms with Crippen molar-refractivity contribution in [2.24, 2.45) is 12.8 Å². The lowest BCUT2D eigenvalue weighted by atomic mass is 9.94. The fraction of sp³-hybridized carbons (Fsp3) is 0.700. The third-order valence-electron chi connectivity index (χ3n) is 3.01. The Kier molecular flexibility index (Phi) is 1.91. The van der Waals surface area contributed by atoms with Gasteiger partial charge in [0.05, 0.1) is 16.9 Å². The highest BCUT2D eigenvalue weighted by atomic mass is 15.3. The second-order valence-corrected chi connectivity index (χ2v) is 4.16. The van der Waals surface area contributed by atoms with Gasteiger partial charge in [0.1, 0.15) is 0 Å². The Hall–Kier alpha value is -0.830. The molecule has 1 fully saturated rings. The molecule has 72 valence electrons. The summed E-state index contributed by atoms with van der Waals surface area (Å²) in [4.78, 5) is 0. The van der Waals surface area contributed by atoms with Crippen LogP contribution in [0.15, 0.2) is 6.07 Å². The third-order valence-corrected chi connectivity index (χ3v) is 3.01. The van der Waals surface area contributed by atoms with Gasteiger partial charge in [-0.2, -0.15) is 5.10 Å². The molecule has 0 radical (unpaired) electrons. The molecule has 0 spiro atoms. The maximum atomic E-state index is 6.33. The van der Waals surface area contributed by atoms with Crippen molar-refractivity contribution >= 4 is 0 Å². The van der Waals surface area contributed by atoms with E-state index in [9.17, 15) is 0 Å². The maximum absolute atomic E-state index is 6.33. The molecule has 2 N–H and O–H groups in total. The lowest BCUT2D eigenvalue weighted by molar-refractivity contribution is 0.423. The third kappa shape index (κ3) is 1.37. The van der Waals surface area contributed by atoms with Crippen LogP contribution in [0.4, 0.5) is 0 Å². The molecular formula is C10H17N3. The molecular weight excluding hydrogens is 162 g/mol. The minimum absolute atomic E-state index is 0.101. The standard InChI is InChI=1S/C10H17N3/c1-8-7-9(13(2)12-8)10(11)5-3-4-6-10/h7H,3-6,11H2,1-2H3. The molecule has 0 aliphatic heterocycles. The molecule has 1 aromatic rings. The van der Waals surface area contributed by atoms with Crippen LogP contribution < -0.4 is 5.73 Å². The van der Waals surface area contributed by atoms with Crippen molar-refractivity contribution in [1.29, 1.82) is 0 Å². The first-order valence-corrected chi connectivity index (χ1v) is 4.92. The fourth-order valence-electron chi connectivity index (χ4n) is 2.34. The summed E-state index contributed by atoms with van der Waals surface area (Å²) in [6.45, 7) is 2.02. The zero-order valence-corrected chi connectivity index (χ0v) is 8.38.